The molecule has 5 aliphatic rings. The molecule has 170 valence electrons. The van der Waals surface area contributed by atoms with Crippen LogP contribution in [-0.2, 0) is 0 Å². The van der Waals surface area contributed by atoms with Crippen LogP contribution in [0.15, 0.2) is 48.5 Å². The largest absolute Gasteiger partial charge is 0.304 e. The molecule has 4 nitrogen and oxygen atoms in total. The van der Waals surface area contributed by atoms with E-state index in [4.69, 9.17) is 0 Å². The average molecular weight is 431 g/mol. The molecule has 0 radical (unpaired) electrons. The van der Waals surface area contributed by atoms with Crippen molar-refractivity contribution in [1.29, 1.82) is 0 Å². The number of hydrogen-bond donors (Lipinski definition) is 0. The standard InChI is InChI=1S/C28H38N4/c1-29-11-15-31(16-12-29)19-25-26(20-32-17-13-30(2)14-18-32)28-23-9-5-3-7-21(23)27(25)22-8-4-6-10-24(22)28/h3-10,25-28H,11-20H2,1-2H3/t25-,26-,27?,28?/m1/s1. The zero-order valence-electron chi connectivity index (χ0n) is 19.8. The van der Waals surface area contributed by atoms with Crippen molar-refractivity contribution < 1.29 is 0 Å². The van der Waals surface area contributed by atoms with Crippen molar-refractivity contribution in [3.05, 3.63) is 70.8 Å². The van der Waals surface area contributed by atoms with E-state index in [9.17, 15) is 0 Å². The van der Waals surface area contributed by atoms with E-state index in [0.29, 0.717) is 23.7 Å². The lowest BCUT2D eigenvalue weighted by Gasteiger charge is -2.53. The van der Waals surface area contributed by atoms with Gasteiger partial charge >= 0.3 is 0 Å². The smallest absolute Gasteiger partial charge is 0.0139 e. The SMILES string of the molecule is CN1CCN(C[C@H]2C3c4ccccc4C(c4ccccc43)[C@@H]2CN2CCN(C)CC2)CC1. The molecule has 0 aromatic heterocycles. The van der Waals surface area contributed by atoms with Gasteiger partial charge in [-0.15, -0.1) is 0 Å². The summed E-state index contributed by atoms with van der Waals surface area (Å²) in [5.74, 6) is 2.50. The third kappa shape index (κ3) is 3.62. The Bertz CT molecular complexity index is 818. The number of piperazine rings is 2. The van der Waals surface area contributed by atoms with Gasteiger partial charge in [-0.25, -0.2) is 0 Å². The van der Waals surface area contributed by atoms with Gasteiger partial charge < -0.3 is 19.6 Å². The lowest BCUT2D eigenvalue weighted by molar-refractivity contribution is 0.0671. The number of likely N-dealkylation sites (N-methyl/N-ethyl adjacent to an activating group) is 2. The molecule has 0 spiro atoms. The second-order valence-corrected chi connectivity index (χ2v) is 10.7. The normalized spacial score (nSPS) is 31.4. The molecule has 2 aromatic rings. The molecule has 7 rings (SSSR count). The number of nitrogens with zero attached hydrogens (tertiary/aromatic N) is 4. The van der Waals surface area contributed by atoms with Gasteiger partial charge in [0.25, 0.3) is 0 Å². The van der Waals surface area contributed by atoms with Gasteiger partial charge in [-0.2, -0.15) is 0 Å². The minimum atomic E-state index is 0.546. The third-order valence-electron chi connectivity index (χ3n) is 8.87. The van der Waals surface area contributed by atoms with E-state index in [0.717, 1.165) is 0 Å². The Kier molecular flexibility index (Phi) is 5.58. The van der Waals surface area contributed by atoms with Gasteiger partial charge in [0.1, 0.15) is 0 Å². The number of fused-ring (bicyclic) bond motifs is 1. The predicted molar refractivity (Wildman–Crippen MR) is 131 cm³/mol. The van der Waals surface area contributed by atoms with Crippen LogP contribution in [0.1, 0.15) is 34.1 Å². The fourth-order valence-electron chi connectivity index (χ4n) is 7.05. The first-order valence-corrected chi connectivity index (χ1v) is 12.7. The van der Waals surface area contributed by atoms with Crippen LogP contribution in [0.2, 0.25) is 0 Å². The maximum absolute atomic E-state index is 2.77. The predicted octanol–water partition coefficient (Wildman–Crippen LogP) is 3.00. The minimum absolute atomic E-state index is 0.546. The second-order valence-electron chi connectivity index (χ2n) is 10.7. The topological polar surface area (TPSA) is 13.0 Å². The van der Waals surface area contributed by atoms with Crippen LogP contribution in [0.25, 0.3) is 0 Å². The van der Waals surface area contributed by atoms with Crippen LogP contribution < -0.4 is 0 Å². The van der Waals surface area contributed by atoms with Crippen molar-refractivity contribution in [2.45, 2.75) is 11.8 Å². The summed E-state index contributed by atoms with van der Waals surface area (Å²) in [5, 5.41) is 0. The zero-order valence-corrected chi connectivity index (χ0v) is 19.8. The van der Waals surface area contributed by atoms with E-state index in [1.165, 1.54) is 65.4 Å². The Morgan fingerprint density at radius 2 is 0.844 bits per heavy atom. The van der Waals surface area contributed by atoms with Gasteiger partial charge in [0.2, 0.25) is 0 Å². The maximum atomic E-state index is 2.77. The number of benzene rings is 2. The van der Waals surface area contributed by atoms with Crippen molar-refractivity contribution in [3.8, 4) is 0 Å². The van der Waals surface area contributed by atoms with E-state index in [2.05, 4.69) is 82.2 Å². The van der Waals surface area contributed by atoms with Gasteiger partial charge in [0, 0.05) is 77.3 Å². The Labute approximate surface area is 193 Å². The highest BCUT2D eigenvalue weighted by Crippen LogP contribution is 2.58. The summed E-state index contributed by atoms with van der Waals surface area (Å²) in [6.07, 6.45) is 0. The fourth-order valence-corrected chi connectivity index (χ4v) is 7.05. The minimum Gasteiger partial charge on any atom is -0.304 e. The van der Waals surface area contributed by atoms with Crippen molar-refractivity contribution >= 4 is 0 Å². The van der Waals surface area contributed by atoms with Crippen LogP contribution in [-0.4, -0.2) is 99.1 Å². The van der Waals surface area contributed by atoms with Gasteiger partial charge in [-0.05, 0) is 48.2 Å². The van der Waals surface area contributed by atoms with E-state index >= 15 is 0 Å². The number of rotatable bonds is 4. The molecule has 0 unspecified atom stereocenters. The van der Waals surface area contributed by atoms with Gasteiger partial charge in [0.05, 0.1) is 0 Å². The fraction of sp³-hybridized carbons (Fsp3) is 0.571. The summed E-state index contributed by atoms with van der Waals surface area (Å²) in [5.41, 5.74) is 6.46. The van der Waals surface area contributed by atoms with E-state index in [1.807, 2.05) is 0 Å². The molecule has 4 heteroatoms. The molecule has 32 heavy (non-hydrogen) atoms. The van der Waals surface area contributed by atoms with Crippen LogP contribution >= 0.6 is 0 Å². The van der Waals surface area contributed by atoms with Gasteiger partial charge in [-0.3, -0.25) is 0 Å². The Morgan fingerprint density at radius 1 is 0.531 bits per heavy atom. The highest BCUT2D eigenvalue weighted by Gasteiger charge is 2.50. The molecule has 2 bridgehead atoms. The first-order chi connectivity index (χ1) is 15.7. The van der Waals surface area contributed by atoms with E-state index in [1.54, 1.807) is 22.3 Å². The van der Waals surface area contributed by atoms with Gasteiger partial charge in [0.15, 0.2) is 0 Å². The summed E-state index contributed by atoms with van der Waals surface area (Å²) < 4.78 is 0. The van der Waals surface area contributed by atoms with Crippen molar-refractivity contribution in [1.82, 2.24) is 19.6 Å². The lowest BCUT2D eigenvalue weighted by Crippen LogP contribution is -2.54. The molecule has 3 aliphatic carbocycles. The monoisotopic (exact) mass is 430 g/mol. The first kappa shape index (κ1) is 20.9. The average Bonchev–Trinajstić information content (AvgIpc) is 2.83. The van der Waals surface area contributed by atoms with E-state index in [-0.39, 0.29) is 0 Å². The molecule has 2 heterocycles. The molecule has 2 fully saturated rings. The molecule has 2 atom stereocenters. The molecule has 0 N–H and O–H groups in total. The van der Waals surface area contributed by atoms with Crippen LogP contribution in [0.3, 0.4) is 0 Å². The van der Waals surface area contributed by atoms with Crippen molar-refractivity contribution in [2.24, 2.45) is 11.8 Å². The maximum Gasteiger partial charge on any atom is 0.0139 e. The molecule has 2 saturated heterocycles. The Balaban J connectivity index is 1.38. The van der Waals surface area contributed by atoms with Crippen LogP contribution in [0.4, 0.5) is 0 Å². The summed E-state index contributed by atoms with van der Waals surface area (Å²) in [7, 11) is 4.53. The summed E-state index contributed by atoms with van der Waals surface area (Å²) in [4.78, 5) is 10.5. The summed E-state index contributed by atoms with van der Waals surface area (Å²) in [6.45, 7) is 12.2. The van der Waals surface area contributed by atoms with Crippen LogP contribution in [0.5, 0.6) is 0 Å². The molecule has 0 saturated carbocycles. The molecule has 2 aliphatic heterocycles. The molecule has 0 amide bonds. The van der Waals surface area contributed by atoms with E-state index < -0.39 is 0 Å². The summed E-state index contributed by atoms with van der Waals surface area (Å²) >= 11 is 0. The third-order valence-corrected chi connectivity index (χ3v) is 8.87. The Morgan fingerprint density at radius 3 is 1.16 bits per heavy atom. The molecule has 2 aromatic carbocycles. The number of hydrogen-bond acceptors (Lipinski definition) is 4. The highest BCUT2D eigenvalue weighted by atomic mass is 15.3. The first-order valence-electron chi connectivity index (χ1n) is 12.7. The Hall–Kier alpha value is -1.72. The van der Waals surface area contributed by atoms with Crippen molar-refractivity contribution in [2.75, 3.05) is 79.5 Å². The quantitative estimate of drug-likeness (QED) is 0.739. The van der Waals surface area contributed by atoms with Crippen molar-refractivity contribution in [3.63, 3.8) is 0 Å². The van der Waals surface area contributed by atoms with Gasteiger partial charge in [-0.1, -0.05) is 48.5 Å². The second kappa shape index (κ2) is 8.57. The zero-order chi connectivity index (χ0) is 21.7. The molecular weight excluding hydrogens is 392 g/mol. The lowest BCUT2D eigenvalue weighted by atomic mass is 9.54. The van der Waals surface area contributed by atoms with Crippen LogP contribution in [0, 0.1) is 11.8 Å². The highest BCUT2D eigenvalue weighted by molar-refractivity contribution is 5.56. The summed E-state index contributed by atoms with van der Waals surface area (Å²) in [6, 6.07) is 18.8. The molecular formula is C28H38N4.